The van der Waals surface area contributed by atoms with Crippen LogP contribution in [-0.4, -0.2) is 22.9 Å². The highest BCUT2D eigenvalue weighted by molar-refractivity contribution is 5.29. The highest BCUT2D eigenvalue weighted by Crippen LogP contribution is 2.21. The van der Waals surface area contributed by atoms with Crippen molar-refractivity contribution in [2.75, 3.05) is 7.11 Å². The Morgan fingerprint density at radius 2 is 1.95 bits per heavy atom. The van der Waals surface area contributed by atoms with Crippen molar-refractivity contribution in [3.8, 4) is 5.75 Å². The minimum absolute atomic E-state index is 0.730. The molecule has 1 N–H and O–H groups in total. The van der Waals surface area contributed by atoms with Gasteiger partial charge in [0.2, 0.25) is 0 Å². The molecular weight excluding hydrogens is 262 g/mol. The second kappa shape index (κ2) is 5.90. The van der Waals surface area contributed by atoms with Crippen LogP contribution >= 0.6 is 0 Å². The molecule has 1 aromatic carbocycles. The Morgan fingerprint density at radius 1 is 1.24 bits per heavy atom. The number of aromatic nitrogens is 2. The van der Waals surface area contributed by atoms with Gasteiger partial charge in [-0.15, -0.1) is 0 Å². The number of ether oxygens (including phenoxy) is 1. The Labute approximate surface area is 126 Å². The van der Waals surface area contributed by atoms with E-state index in [1.165, 1.54) is 29.7 Å². The minimum atomic E-state index is 0.730. The maximum absolute atomic E-state index is 5.20. The lowest BCUT2D eigenvalue weighted by molar-refractivity contribution is 0.414. The van der Waals surface area contributed by atoms with E-state index in [0.717, 1.165) is 30.6 Å². The molecule has 1 saturated carbocycles. The van der Waals surface area contributed by atoms with Crippen molar-refractivity contribution >= 4 is 0 Å². The van der Waals surface area contributed by atoms with E-state index in [1.807, 2.05) is 12.1 Å². The van der Waals surface area contributed by atoms with Crippen LogP contribution in [0.1, 0.15) is 35.4 Å². The van der Waals surface area contributed by atoms with Crippen molar-refractivity contribution < 1.29 is 4.74 Å². The SMILES string of the molecule is COc1ccc(Cn2nc(C)c(CNC3CC3)c2C)cc1. The Kier molecular flexibility index (Phi) is 3.97. The van der Waals surface area contributed by atoms with Crippen molar-refractivity contribution in [1.82, 2.24) is 15.1 Å². The number of hydrogen-bond donors (Lipinski definition) is 1. The van der Waals surface area contributed by atoms with Gasteiger partial charge in [0, 0.05) is 23.8 Å². The fourth-order valence-corrected chi connectivity index (χ4v) is 2.58. The summed E-state index contributed by atoms with van der Waals surface area (Å²) in [5.74, 6) is 0.890. The minimum Gasteiger partial charge on any atom is -0.497 e. The normalized spacial score (nSPS) is 14.4. The van der Waals surface area contributed by atoms with Gasteiger partial charge in [0.25, 0.3) is 0 Å². The van der Waals surface area contributed by atoms with Crippen molar-refractivity contribution in [2.45, 2.75) is 45.8 Å². The van der Waals surface area contributed by atoms with Crippen LogP contribution in [0.3, 0.4) is 0 Å². The quantitative estimate of drug-likeness (QED) is 0.887. The van der Waals surface area contributed by atoms with Gasteiger partial charge in [-0.3, -0.25) is 4.68 Å². The molecule has 4 nitrogen and oxygen atoms in total. The Hall–Kier alpha value is -1.81. The summed E-state index contributed by atoms with van der Waals surface area (Å²) in [5, 5.41) is 8.27. The van der Waals surface area contributed by atoms with Crippen LogP contribution in [0, 0.1) is 13.8 Å². The number of nitrogens with zero attached hydrogens (tertiary/aromatic N) is 2. The zero-order chi connectivity index (χ0) is 14.8. The topological polar surface area (TPSA) is 39.1 Å². The zero-order valence-corrected chi connectivity index (χ0v) is 13.0. The number of aryl methyl sites for hydroxylation is 1. The van der Waals surface area contributed by atoms with Gasteiger partial charge in [-0.25, -0.2) is 0 Å². The molecule has 1 aliphatic rings. The summed E-state index contributed by atoms with van der Waals surface area (Å²) in [4.78, 5) is 0. The molecular formula is C17H23N3O. The van der Waals surface area contributed by atoms with Crippen molar-refractivity contribution in [3.05, 3.63) is 46.8 Å². The van der Waals surface area contributed by atoms with E-state index in [4.69, 9.17) is 9.84 Å². The summed E-state index contributed by atoms with van der Waals surface area (Å²) in [6.07, 6.45) is 2.64. The molecule has 0 radical (unpaired) electrons. The molecule has 1 heterocycles. The zero-order valence-electron chi connectivity index (χ0n) is 13.0. The van der Waals surface area contributed by atoms with E-state index in [9.17, 15) is 0 Å². The van der Waals surface area contributed by atoms with E-state index < -0.39 is 0 Å². The first-order valence-corrected chi connectivity index (χ1v) is 7.56. The molecule has 0 bridgehead atoms. The number of methoxy groups -OCH3 is 1. The van der Waals surface area contributed by atoms with Gasteiger partial charge in [0.15, 0.2) is 0 Å². The predicted molar refractivity (Wildman–Crippen MR) is 83.7 cm³/mol. The van der Waals surface area contributed by atoms with Gasteiger partial charge in [-0.1, -0.05) is 12.1 Å². The van der Waals surface area contributed by atoms with E-state index in [2.05, 4.69) is 36.0 Å². The summed E-state index contributed by atoms with van der Waals surface area (Å²) in [5.41, 5.74) is 4.98. The molecule has 0 unspecified atom stereocenters. The molecule has 1 aromatic heterocycles. The predicted octanol–water partition coefficient (Wildman–Crippen LogP) is 2.81. The van der Waals surface area contributed by atoms with Crippen LogP contribution in [0.2, 0.25) is 0 Å². The Bertz CT molecular complexity index is 612. The molecule has 1 aliphatic carbocycles. The maximum Gasteiger partial charge on any atom is 0.118 e. The fraction of sp³-hybridized carbons (Fsp3) is 0.471. The van der Waals surface area contributed by atoms with E-state index >= 15 is 0 Å². The second-order valence-corrected chi connectivity index (χ2v) is 5.81. The first-order chi connectivity index (χ1) is 10.2. The van der Waals surface area contributed by atoms with E-state index in [0.29, 0.717) is 0 Å². The number of rotatable bonds is 6. The van der Waals surface area contributed by atoms with Crippen molar-refractivity contribution in [3.63, 3.8) is 0 Å². The van der Waals surface area contributed by atoms with Crippen LogP contribution in [0.15, 0.2) is 24.3 Å². The van der Waals surface area contributed by atoms with Crippen LogP contribution in [0.25, 0.3) is 0 Å². The van der Waals surface area contributed by atoms with Gasteiger partial charge in [-0.2, -0.15) is 5.10 Å². The lowest BCUT2D eigenvalue weighted by Crippen LogP contribution is -2.16. The average Bonchev–Trinajstić information content (AvgIpc) is 3.27. The van der Waals surface area contributed by atoms with Crippen molar-refractivity contribution in [2.24, 2.45) is 0 Å². The summed E-state index contributed by atoms with van der Waals surface area (Å²) in [7, 11) is 1.69. The fourth-order valence-electron chi connectivity index (χ4n) is 2.58. The first kappa shape index (κ1) is 14.1. The second-order valence-electron chi connectivity index (χ2n) is 5.81. The molecule has 3 rings (SSSR count). The monoisotopic (exact) mass is 285 g/mol. The third kappa shape index (κ3) is 3.27. The van der Waals surface area contributed by atoms with E-state index in [-0.39, 0.29) is 0 Å². The summed E-state index contributed by atoms with van der Waals surface area (Å²) in [6.45, 7) is 6.00. The highest BCUT2D eigenvalue weighted by atomic mass is 16.5. The molecule has 2 aromatic rings. The van der Waals surface area contributed by atoms with Crippen LogP contribution in [-0.2, 0) is 13.1 Å². The Balaban J connectivity index is 1.73. The van der Waals surface area contributed by atoms with Gasteiger partial charge in [0.1, 0.15) is 5.75 Å². The van der Waals surface area contributed by atoms with Gasteiger partial charge < -0.3 is 10.1 Å². The molecule has 0 spiro atoms. The van der Waals surface area contributed by atoms with Crippen LogP contribution in [0.5, 0.6) is 5.75 Å². The molecule has 0 atom stereocenters. The lowest BCUT2D eigenvalue weighted by Gasteiger charge is -2.07. The number of hydrogen-bond acceptors (Lipinski definition) is 3. The molecule has 112 valence electrons. The molecule has 4 heteroatoms. The van der Waals surface area contributed by atoms with Gasteiger partial charge >= 0.3 is 0 Å². The largest absolute Gasteiger partial charge is 0.497 e. The highest BCUT2D eigenvalue weighted by Gasteiger charge is 2.21. The summed E-state index contributed by atoms with van der Waals surface area (Å²) >= 11 is 0. The third-order valence-corrected chi connectivity index (χ3v) is 4.17. The van der Waals surface area contributed by atoms with Gasteiger partial charge in [0.05, 0.1) is 19.3 Å². The molecule has 0 aliphatic heterocycles. The van der Waals surface area contributed by atoms with Crippen molar-refractivity contribution in [1.29, 1.82) is 0 Å². The lowest BCUT2D eigenvalue weighted by atomic mass is 10.2. The molecule has 21 heavy (non-hydrogen) atoms. The summed E-state index contributed by atoms with van der Waals surface area (Å²) < 4.78 is 7.29. The first-order valence-electron chi connectivity index (χ1n) is 7.56. The average molecular weight is 285 g/mol. The molecule has 1 fully saturated rings. The standard InChI is InChI=1S/C17H23N3O/c1-12-17(10-18-15-6-7-15)13(2)20(19-12)11-14-4-8-16(21-3)9-5-14/h4-5,8-9,15,18H,6-7,10-11H2,1-3H3. The number of nitrogens with one attached hydrogen (secondary N) is 1. The smallest absolute Gasteiger partial charge is 0.118 e. The maximum atomic E-state index is 5.20. The van der Waals surface area contributed by atoms with E-state index in [1.54, 1.807) is 7.11 Å². The van der Waals surface area contributed by atoms with Crippen LogP contribution < -0.4 is 10.1 Å². The van der Waals surface area contributed by atoms with Crippen LogP contribution in [0.4, 0.5) is 0 Å². The Morgan fingerprint density at radius 3 is 2.57 bits per heavy atom. The summed E-state index contributed by atoms with van der Waals surface area (Å²) in [6, 6.07) is 8.91. The third-order valence-electron chi connectivity index (χ3n) is 4.17. The molecule has 0 saturated heterocycles. The molecule has 0 amide bonds. The van der Waals surface area contributed by atoms with Gasteiger partial charge in [-0.05, 0) is 44.4 Å². The number of benzene rings is 1.